The van der Waals surface area contributed by atoms with Gasteiger partial charge in [0.05, 0.1) is 10.6 Å². The number of rotatable bonds is 3. The van der Waals surface area contributed by atoms with E-state index in [2.05, 4.69) is 0 Å². The normalized spacial score (nSPS) is 11.5. The number of sulfone groups is 1. The average Bonchev–Trinajstić information content (AvgIpc) is 2.70. The Morgan fingerprint density at radius 2 is 1.81 bits per heavy atom. The summed E-state index contributed by atoms with van der Waals surface area (Å²) in [7, 11) is -3.25. The molecule has 2 N–H and O–H groups in total. The van der Waals surface area contributed by atoms with Gasteiger partial charge in [0.15, 0.2) is 9.84 Å². The van der Waals surface area contributed by atoms with Crippen LogP contribution in [0.4, 0.5) is 5.69 Å². The average molecular weight is 253 g/mol. The highest BCUT2D eigenvalue weighted by Crippen LogP contribution is 2.20. The summed E-state index contributed by atoms with van der Waals surface area (Å²) in [6.45, 7) is 0. The lowest BCUT2D eigenvalue weighted by molar-refractivity contribution is 0.595. The summed E-state index contributed by atoms with van der Waals surface area (Å²) < 4.78 is 24.0. The van der Waals surface area contributed by atoms with Gasteiger partial charge in [-0.15, -0.1) is 11.3 Å². The van der Waals surface area contributed by atoms with Crippen LogP contribution in [0.5, 0.6) is 0 Å². The van der Waals surface area contributed by atoms with Crippen molar-refractivity contribution in [1.29, 1.82) is 0 Å². The molecule has 0 spiro atoms. The van der Waals surface area contributed by atoms with E-state index in [9.17, 15) is 8.42 Å². The summed E-state index contributed by atoms with van der Waals surface area (Å²) in [6.07, 6.45) is 0. The number of nitrogen functional groups attached to an aromatic ring is 1. The zero-order chi connectivity index (χ0) is 11.6. The first-order valence-electron chi connectivity index (χ1n) is 4.68. The van der Waals surface area contributed by atoms with Gasteiger partial charge in [-0.1, -0.05) is 6.07 Å². The van der Waals surface area contributed by atoms with Gasteiger partial charge in [0.2, 0.25) is 0 Å². The van der Waals surface area contributed by atoms with Crippen LogP contribution in [0, 0.1) is 0 Å². The van der Waals surface area contributed by atoms with Crippen molar-refractivity contribution in [2.24, 2.45) is 0 Å². The zero-order valence-corrected chi connectivity index (χ0v) is 10.1. The number of hydrogen-bond donors (Lipinski definition) is 1. The van der Waals surface area contributed by atoms with Crippen molar-refractivity contribution >= 4 is 26.9 Å². The lowest BCUT2D eigenvalue weighted by atomic mass is 10.3. The third kappa shape index (κ3) is 2.43. The van der Waals surface area contributed by atoms with Gasteiger partial charge >= 0.3 is 0 Å². The second-order valence-electron chi connectivity index (χ2n) is 3.41. The van der Waals surface area contributed by atoms with Crippen molar-refractivity contribution < 1.29 is 8.42 Å². The predicted octanol–water partition coefficient (Wildman–Crippen LogP) is 2.30. The number of anilines is 1. The van der Waals surface area contributed by atoms with Crippen LogP contribution in [0.2, 0.25) is 0 Å². The van der Waals surface area contributed by atoms with Crippen LogP contribution in [-0.4, -0.2) is 8.42 Å². The number of nitrogens with two attached hydrogens (primary N) is 1. The Bertz CT molecular complexity index is 557. The summed E-state index contributed by atoms with van der Waals surface area (Å²) >= 11 is 1.44. The minimum atomic E-state index is -3.25. The molecular formula is C11H11NO2S2. The summed E-state index contributed by atoms with van der Waals surface area (Å²) in [6, 6.07) is 9.94. The zero-order valence-electron chi connectivity index (χ0n) is 8.46. The quantitative estimate of drug-likeness (QED) is 0.854. The maximum absolute atomic E-state index is 12.0. The molecule has 0 aliphatic rings. The molecule has 2 aromatic rings. The molecule has 0 radical (unpaired) electrons. The number of hydrogen-bond acceptors (Lipinski definition) is 4. The van der Waals surface area contributed by atoms with E-state index < -0.39 is 9.84 Å². The minimum Gasteiger partial charge on any atom is -0.399 e. The van der Waals surface area contributed by atoms with Crippen LogP contribution in [0.3, 0.4) is 0 Å². The summed E-state index contributed by atoms with van der Waals surface area (Å²) in [5.74, 6) is 0.0502. The van der Waals surface area contributed by atoms with Gasteiger partial charge in [0.25, 0.3) is 0 Å². The summed E-state index contributed by atoms with van der Waals surface area (Å²) in [5.41, 5.74) is 6.08. The van der Waals surface area contributed by atoms with Crippen LogP contribution in [0.15, 0.2) is 46.7 Å². The Balaban J connectivity index is 2.29. The largest absolute Gasteiger partial charge is 0.399 e. The van der Waals surface area contributed by atoms with Crippen LogP contribution >= 0.6 is 11.3 Å². The number of thiophene rings is 1. The van der Waals surface area contributed by atoms with Crippen molar-refractivity contribution in [3.63, 3.8) is 0 Å². The Kier molecular flexibility index (Phi) is 2.98. The number of benzene rings is 1. The molecular weight excluding hydrogens is 242 g/mol. The highest BCUT2D eigenvalue weighted by Gasteiger charge is 2.15. The SMILES string of the molecule is Nc1ccc(S(=O)(=O)Cc2cccs2)cc1. The molecule has 0 bridgehead atoms. The second-order valence-corrected chi connectivity index (χ2v) is 6.43. The Hall–Kier alpha value is -1.33. The maximum atomic E-state index is 12.0. The monoisotopic (exact) mass is 253 g/mol. The third-order valence-electron chi connectivity index (χ3n) is 2.15. The van der Waals surface area contributed by atoms with E-state index in [1.165, 1.54) is 23.5 Å². The molecule has 0 amide bonds. The van der Waals surface area contributed by atoms with Gasteiger partial charge in [-0.2, -0.15) is 0 Å². The molecule has 1 aromatic heterocycles. The second kappa shape index (κ2) is 4.27. The fourth-order valence-electron chi connectivity index (χ4n) is 1.34. The Labute approximate surface area is 98.5 Å². The van der Waals surface area contributed by atoms with E-state index in [0.29, 0.717) is 10.6 Å². The van der Waals surface area contributed by atoms with Crippen molar-refractivity contribution in [2.75, 3.05) is 5.73 Å². The fourth-order valence-corrected chi connectivity index (χ4v) is 3.76. The molecule has 3 nitrogen and oxygen atoms in total. The lowest BCUT2D eigenvalue weighted by Gasteiger charge is -2.03. The highest BCUT2D eigenvalue weighted by atomic mass is 32.2. The van der Waals surface area contributed by atoms with E-state index in [0.717, 1.165) is 4.88 Å². The summed E-state index contributed by atoms with van der Waals surface area (Å²) in [5, 5.41) is 1.87. The van der Waals surface area contributed by atoms with Crippen molar-refractivity contribution in [2.45, 2.75) is 10.6 Å². The molecule has 1 heterocycles. The first-order chi connectivity index (χ1) is 7.58. The highest BCUT2D eigenvalue weighted by molar-refractivity contribution is 7.90. The molecule has 0 aliphatic carbocycles. The van der Waals surface area contributed by atoms with E-state index in [-0.39, 0.29) is 5.75 Å². The molecule has 16 heavy (non-hydrogen) atoms. The van der Waals surface area contributed by atoms with Gasteiger partial charge < -0.3 is 5.73 Å². The molecule has 0 unspecified atom stereocenters. The van der Waals surface area contributed by atoms with Crippen LogP contribution < -0.4 is 5.73 Å². The van der Waals surface area contributed by atoms with Crippen LogP contribution in [0.1, 0.15) is 4.88 Å². The smallest absolute Gasteiger partial charge is 0.183 e. The molecule has 0 fully saturated rings. The molecule has 0 saturated heterocycles. The third-order valence-corrected chi connectivity index (χ3v) is 4.89. The minimum absolute atomic E-state index is 0.0502. The van der Waals surface area contributed by atoms with Crippen LogP contribution in [0.25, 0.3) is 0 Å². The van der Waals surface area contributed by atoms with E-state index in [1.54, 1.807) is 12.1 Å². The Morgan fingerprint density at radius 3 is 2.38 bits per heavy atom. The molecule has 0 aliphatic heterocycles. The van der Waals surface area contributed by atoms with Crippen molar-refractivity contribution in [3.8, 4) is 0 Å². The molecule has 0 saturated carbocycles. The summed E-state index contributed by atoms with van der Waals surface area (Å²) in [4.78, 5) is 1.16. The first kappa shape index (κ1) is 11.2. The first-order valence-corrected chi connectivity index (χ1v) is 7.22. The maximum Gasteiger partial charge on any atom is 0.183 e. The topological polar surface area (TPSA) is 60.2 Å². The van der Waals surface area contributed by atoms with E-state index >= 15 is 0 Å². The Morgan fingerprint density at radius 1 is 1.12 bits per heavy atom. The molecule has 0 atom stereocenters. The standard InChI is InChI=1S/C11H11NO2S2/c12-9-3-5-11(6-4-9)16(13,14)8-10-2-1-7-15-10/h1-7H,8,12H2. The molecule has 1 aromatic carbocycles. The van der Waals surface area contributed by atoms with Gasteiger partial charge in [-0.05, 0) is 35.7 Å². The van der Waals surface area contributed by atoms with Crippen molar-refractivity contribution in [1.82, 2.24) is 0 Å². The molecule has 84 valence electrons. The predicted molar refractivity (Wildman–Crippen MR) is 66.1 cm³/mol. The van der Waals surface area contributed by atoms with Gasteiger partial charge in [-0.25, -0.2) is 8.42 Å². The van der Waals surface area contributed by atoms with Gasteiger partial charge in [-0.3, -0.25) is 0 Å². The molecule has 5 heteroatoms. The van der Waals surface area contributed by atoms with E-state index in [4.69, 9.17) is 5.73 Å². The van der Waals surface area contributed by atoms with Gasteiger partial charge in [0, 0.05) is 10.6 Å². The van der Waals surface area contributed by atoms with Crippen LogP contribution in [-0.2, 0) is 15.6 Å². The lowest BCUT2D eigenvalue weighted by Crippen LogP contribution is -2.03. The molecule has 2 rings (SSSR count). The fraction of sp³-hybridized carbons (Fsp3) is 0.0909. The van der Waals surface area contributed by atoms with Gasteiger partial charge in [0.1, 0.15) is 0 Å². The van der Waals surface area contributed by atoms with Crippen molar-refractivity contribution in [3.05, 3.63) is 46.7 Å². The van der Waals surface area contributed by atoms with E-state index in [1.807, 2.05) is 17.5 Å².